The summed E-state index contributed by atoms with van der Waals surface area (Å²) in [5, 5.41) is 0. The molecule has 3 nitrogen and oxygen atoms in total. The summed E-state index contributed by atoms with van der Waals surface area (Å²) in [6.45, 7) is 4.02. The highest BCUT2D eigenvalue weighted by atomic mass is 16.2. The van der Waals surface area contributed by atoms with E-state index >= 15 is 0 Å². The molecule has 0 atom stereocenters. The van der Waals surface area contributed by atoms with E-state index in [-0.39, 0.29) is 11.9 Å². The number of nitrogen functional groups attached to an aromatic ring is 1. The van der Waals surface area contributed by atoms with E-state index in [4.69, 9.17) is 5.73 Å². The lowest BCUT2D eigenvalue weighted by atomic mass is 10.1. The van der Waals surface area contributed by atoms with E-state index in [1.165, 1.54) is 0 Å². The Morgan fingerprint density at radius 2 is 2.00 bits per heavy atom. The molecule has 0 fully saturated rings. The quantitative estimate of drug-likeness (QED) is 0.789. The maximum absolute atomic E-state index is 11.8. The molecule has 0 aliphatic heterocycles. The van der Waals surface area contributed by atoms with Gasteiger partial charge in [-0.15, -0.1) is 0 Å². The minimum Gasteiger partial charge on any atom is -0.399 e. The van der Waals surface area contributed by atoms with E-state index in [0.29, 0.717) is 12.8 Å². The Bertz CT molecular complexity index is 361. The van der Waals surface area contributed by atoms with Gasteiger partial charge in [0.1, 0.15) is 0 Å². The average Bonchev–Trinajstić information content (AvgIpc) is 2.26. The summed E-state index contributed by atoms with van der Waals surface area (Å²) in [5.74, 6) is 0.165. The monoisotopic (exact) mass is 220 g/mol. The molecule has 0 aliphatic rings. The molecule has 2 N–H and O–H groups in total. The van der Waals surface area contributed by atoms with Crippen LogP contribution < -0.4 is 5.73 Å². The maximum Gasteiger partial charge on any atom is 0.222 e. The van der Waals surface area contributed by atoms with Crippen LogP contribution in [0, 0.1) is 0 Å². The van der Waals surface area contributed by atoms with Crippen molar-refractivity contribution in [2.24, 2.45) is 0 Å². The number of aryl methyl sites for hydroxylation is 1. The second-order valence-electron chi connectivity index (χ2n) is 4.30. The van der Waals surface area contributed by atoms with Crippen molar-refractivity contribution in [3.63, 3.8) is 0 Å². The molecule has 0 radical (unpaired) electrons. The molecule has 88 valence electrons. The molecule has 3 heteroatoms. The van der Waals surface area contributed by atoms with Crippen molar-refractivity contribution in [1.82, 2.24) is 4.90 Å². The van der Waals surface area contributed by atoms with Crippen LogP contribution in [0.5, 0.6) is 0 Å². The molecule has 0 saturated heterocycles. The van der Waals surface area contributed by atoms with Gasteiger partial charge in [0.25, 0.3) is 0 Å². The molecule has 0 spiro atoms. The second-order valence-corrected chi connectivity index (χ2v) is 4.30. The Kier molecular flexibility index (Phi) is 4.35. The first-order valence-electron chi connectivity index (χ1n) is 5.61. The van der Waals surface area contributed by atoms with Gasteiger partial charge in [0, 0.05) is 25.2 Å². The summed E-state index contributed by atoms with van der Waals surface area (Å²) in [6.07, 6.45) is 1.23. The molecule has 1 aromatic carbocycles. The van der Waals surface area contributed by atoms with Gasteiger partial charge in [-0.2, -0.15) is 0 Å². The topological polar surface area (TPSA) is 46.3 Å². The number of benzene rings is 1. The van der Waals surface area contributed by atoms with E-state index in [0.717, 1.165) is 11.3 Å². The molecular formula is C13H20N2O. The first kappa shape index (κ1) is 12.6. The zero-order chi connectivity index (χ0) is 12.1. The lowest BCUT2D eigenvalue weighted by Gasteiger charge is -2.21. The van der Waals surface area contributed by atoms with E-state index in [1.54, 1.807) is 4.90 Å². The molecule has 0 aliphatic carbocycles. The van der Waals surface area contributed by atoms with E-state index in [1.807, 2.05) is 45.2 Å². The van der Waals surface area contributed by atoms with Crippen molar-refractivity contribution in [2.45, 2.75) is 32.7 Å². The molecule has 1 rings (SSSR count). The largest absolute Gasteiger partial charge is 0.399 e. The molecule has 0 bridgehead atoms. The number of rotatable bonds is 4. The highest BCUT2D eigenvalue weighted by molar-refractivity contribution is 5.76. The van der Waals surface area contributed by atoms with Crippen molar-refractivity contribution < 1.29 is 4.79 Å². The maximum atomic E-state index is 11.8. The summed E-state index contributed by atoms with van der Waals surface area (Å²) in [7, 11) is 1.83. The Morgan fingerprint density at radius 3 is 2.56 bits per heavy atom. The molecule has 1 aromatic rings. The Hall–Kier alpha value is -1.51. The minimum absolute atomic E-state index is 0.165. The van der Waals surface area contributed by atoms with E-state index < -0.39 is 0 Å². The number of para-hydroxylation sites is 1. The first-order chi connectivity index (χ1) is 7.52. The van der Waals surface area contributed by atoms with Crippen LogP contribution in [0.4, 0.5) is 5.69 Å². The first-order valence-corrected chi connectivity index (χ1v) is 5.61. The average molecular weight is 220 g/mol. The third kappa shape index (κ3) is 3.26. The standard InChI is InChI=1S/C13H20N2O/c1-10(2)15(3)13(16)9-8-11-6-4-5-7-12(11)14/h4-7,10H,8-9,14H2,1-3H3. The van der Waals surface area contributed by atoms with Crippen LogP contribution in [0.15, 0.2) is 24.3 Å². The van der Waals surface area contributed by atoms with Crippen LogP contribution in [0.1, 0.15) is 25.8 Å². The number of hydrogen-bond acceptors (Lipinski definition) is 2. The third-order valence-electron chi connectivity index (χ3n) is 2.83. The van der Waals surface area contributed by atoms with Gasteiger partial charge in [0.05, 0.1) is 0 Å². The smallest absolute Gasteiger partial charge is 0.222 e. The predicted octanol–water partition coefficient (Wildman–Crippen LogP) is 2.07. The van der Waals surface area contributed by atoms with Crippen LogP contribution >= 0.6 is 0 Å². The lowest BCUT2D eigenvalue weighted by Crippen LogP contribution is -2.33. The van der Waals surface area contributed by atoms with Crippen LogP contribution in [0.3, 0.4) is 0 Å². The summed E-state index contributed by atoms with van der Waals surface area (Å²) in [4.78, 5) is 13.5. The molecular weight excluding hydrogens is 200 g/mol. The van der Waals surface area contributed by atoms with Crippen LogP contribution in [0.2, 0.25) is 0 Å². The minimum atomic E-state index is 0.165. The van der Waals surface area contributed by atoms with Crippen LogP contribution in [-0.2, 0) is 11.2 Å². The van der Waals surface area contributed by atoms with Crippen molar-refractivity contribution in [1.29, 1.82) is 0 Å². The van der Waals surface area contributed by atoms with Crippen molar-refractivity contribution in [2.75, 3.05) is 12.8 Å². The van der Waals surface area contributed by atoms with Gasteiger partial charge in [-0.3, -0.25) is 4.79 Å². The molecule has 0 saturated carbocycles. The molecule has 0 aromatic heterocycles. The fourth-order valence-corrected chi connectivity index (χ4v) is 1.47. The zero-order valence-electron chi connectivity index (χ0n) is 10.2. The predicted molar refractivity (Wildman–Crippen MR) is 67.1 cm³/mol. The summed E-state index contributed by atoms with van der Waals surface area (Å²) in [6, 6.07) is 7.94. The zero-order valence-corrected chi connectivity index (χ0v) is 10.2. The van der Waals surface area contributed by atoms with Gasteiger partial charge in [-0.1, -0.05) is 18.2 Å². The molecule has 0 heterocycles. The van der Waals surface area contributed by atoms with Crippen molar-refractivity contribution in [3.8, 4) is 0 Å². The number of hydrogen-bond donors (Lipinski definition) is 1. The lowest BCUT2D eigenvalue weighted by molar-refractivity contribution is -0.131. The Morgan fingerprint density at radius 1 is 1.38 bits per heavy atom. The van der Waals surface area contributed by atoms with Gasteiger partial charge < -0.3 is 10.6 Å². The molecule has 16 heavy (non-hydrogen) atoms. The van der Waals surface area contributed by atoms with Gasteiger partial charge in [0.15, 0.2) is 0 Å². The highest BCUT2D eigenvalue weighted by Gasteiger charge is 2.11. The fourth-order valence-electron chi connectivity index (χ4n) is 1.47. The van der Waals surface area contributed by atoms with Crippen molar-refractivity contribution in [3.05, 3.63) is 29.8 Å². The normalized spacial score (nSPS) is 10.5. The third-order valence-corrected chi connectivity index (χ3v) is 2.83. The van der Waals surface area contributed by atoms with Crippen LogP contribution in [0.25, 0.3) is 0 Å². The van der Waals surface area contributed by atoms with Gasteiger partial charge in [-0.25, -0.2) is 0 Å². The van der Waals surface area contributed by atoms with Crippen LogP contribution in [-0.4, -0.2) is 23.9 Å². The Labute approximate surface area is 97.2 Å². The number of nitrogens with two attached hydrogens (primary N) is 1. The summed E-state index contributed by atoms with van der Waals surface area (Å²) < 4.78 is 0. The van der Waals surface area contributed by atoms with Crippen molar-refractivity contribution >= 4 is 11.6 Å². The molecule has 0 unspecified atom stereocenters. The fraction of sp³-hybridized carbons (Fsp3) is 0.462. The summed E-state index contributed by atoms with van der Waals surface area (Å²) >= 11 is 0. The van der Waals surface area contributed by atoms with E-state index in [9.17, 15) is 4.79 Å². The highest BCUT2D eigenvalue weighted by Crippen LogP contribution is 2.13. The second kappa shape index (κ2) is 5.54. The SMILES string of the molecule is CC(C)N(C)C(=O)CCc1ccccc1N. The number of carbonyl (C=O) groups is 1. The van der Waals surface area contributed by atoms with Gasteiger partial charge >= 0.3 is 0 Å². The van der Waals surface area contributed by atoms with Gasteiger partial charge in [-0.05, 0) is 31.9 Å². The molecule has 1 amide bonds. The number of anilines is 1. The van der Waals surface area contributed by atoms with E-state index in [2.05, 4.69) is 0 Å². The number of nitrogens with zero attached hydrogens (tertiary/aromatic N) is 1. The number of carbonyl (C=O) groups excluding carboxylic acids is 1. The Balaban J connectivity index is 2.52. The summed E-state index contributed by atoms with van der Waals surface area (Å²) in [5.41, 5.74) is 7.63. The van der Waals surface area contributed by atoms with Gasteiger partial charge in [0.2, 0.25) is 5.91 Å². The number of amides is 1.